The number of morpholine rings is 1. The first-order chi connectivity index (χ1) is 14.1. The first-order valence-electron chi connectivity index (χ1n) is 9.92. The molecule has 166 valence electrons. The van der Waals surface area contributed by atoms with E-state index in [9.17, 15) is 23.1 Å². The first kappa shape index (κ1) is 22.7. The van der Waals surface area contributed by atoms with Crippen LogP contribution in [-0.4, -0.2) is 85.7 Å². The van der Waals surface area contributed by atoms with Gasteiger partial charge >= 0.3 is 5.97 Å². The highest BCUT2D eigenvalue weighted by molar-refractivity contribution is 7.89. The Morgan fingerprint density at radius 2 is 1.97 bits per heavy atom. The monoisotopic (exact) mass is 440 g/mol. The molecule has 3 rings (SSSR count). The standard InChI is InChI=1S/C20H28N2O7S/c1-13-4-5-17(8-14(13)2)30(26,27)22-11-16(23)9-18(22)20(25)29-12-19(24)21-6-7-28-15(3)10-21/h4-5,8,15-16,18,23H,6-7,9-12H2,1-3H3/t15?,16?,18-/m0/s1. The van der Waals surface area contributed by atoms with Gasteiger partial charge < -0.3 is 19.5 Å². The van der Waals surface area contributed by atoms with Crippen LogP contribution in [0.15, 0.2) is 23.1 Å². The molecule has 1 aromatic carbocycles. The lowest BCUT2D eigenvalue weighted by atomic mass is 10.1. The van der Waals surface area contributed by atoms with Crippen LogP contribution in [0.1, 0.15) is 24.5 Å². The lowest BCUT2D eigenvalue weighted by Crippen LogP contribution is -2.47. The summed E-state index contributed by atoms with van der Waals surface area (Å²) >= 11 is 0. The molecule has 2 unspecified atom stereocenters. The topological polar surface area (TPSA) is 113 Å². The second-order valence-electron chi connectivity index (χ2n) is 7.85. The fourth-order valence-electron chi connectivity index (χ4n) is 3.64. The van der Waals surface area contributed by atoms with E-state index >= 15 is 0 Å². The molecule has 2 aliphatic heterocycles. The van der Waals surface area contributed by atoms with Gasteiger partial charge in [0.15, 0.2) is 6.61 Å². The smallest absolute Gasteiger partial charge is 0.325 e. The molecule has 0 saturated carbocycles. The molecule has 30 heavy (non-hydrogen) atoms. The molecule has 2 aliphatic rings. The third-order valence-corrected chi connectivity index (χ3v) is 7.39. The molecule has 0 aliphatic carbocycles. The van der Waals surface area contributed by atoms with E-state index < -0.39 is 34.7 Å². The molecule has 0 spiro atoms. The number of aryl methyl sites for hydroxylation is 2. The van der Waals surface area contributed by atoms with Crippen LogP contribution < -0.4 is 0 Å². The summed E-state index contributed by atoms with van der Waals surface area (Å²) < 4.78 is 37.7. The number of hydrogen-bond acceptors (Lipinski definition) is 7. The minimum absolute atomic E-state index is 0.0517. The Bertz CT molecular complexity index is 918. The summed E-state index contributed by atoms with van der Waals surface area (Å²) in [5, 5.41) is 10.0. The summed E-state index contributed by atoms with van der Waals surface area (Å²) in [6, 6.07) is 3.54. The van der Waals surface area contributed by atoms with Crippen LogP contribution in [0.2, 0.25) is 0 Å². The highest BCUT2D eigenvalue weighted by Crippen LogP contribution is 2.28. The summed E-state index contributed by atoms with van der Waals surface area (Å²) in [5.74, 6) is -1.20. The maximum absolute atomic E-state index is 13.1. The van der Waals surface area contributed by atoms with E-state index in [0.29, 0.717) is 19.7 Å². The van der Waals surface area contributed by atoms with Crippen molar-refractivity contribution in [3.63, 3.8) is 0 Å². The molecule has 2 saturated heterocycles. The summed E-state index contributed by atoms with van der Waals surface area (Å²) in [7, 11) is -4.01. The van der Waals surface area contributed by atoms with E-state index in [-0.39, 0.29) is 29.9 Å². The van der Waals surface area contributed by atoms with Gasteiger partial charge in [0, 0.05) is 26.1 Å². The van der Waals surface area contributed by atoms with Crippen molar-refractivity contribution in [3.05, 3.63) is 29.3 Å². The van der Waals surface area contributed by atoms with E-state index in [4.69, 9.17) is 9.47 Å². The number of rotatable bonds is 5. The van der Waals surface area contributed by atoms with Crippen molar-refractivity contribution >= 4 is 21.9 Å². The van der Waals surface area contributed by atoms with E-state index in [1.807, 2.05) is 13.8 Å². The molecule has 2 fully saturated rings. The largest absolute Gasteiger partial charge is 0.454 e. The number of esters is 1. The lowest BCUT2D eigenvalue weighted by Gasteiger charge is -2.31. The van der Waals surface area contributed by atoms with Crippen molar-refractivity contribution in [1.29, 1.82) is 0 Å². The molecule has 0 radical (unpaired) electrons. The molecule has 1 aromatic rings. The van der Waals surface area contributed by atoms with Gasteiger partial charge in [0.25, 0.3) is 5.91 Å². The maximum atomic E-state index is 13.1. The number of benzene rings is 1. The average molecular weight is 441 g/mol. The van der Waals surface area contributed by atoms with E-state index in [1.54, 1.807) is 24.0 Å². The molecule has 1 N–H and O–H groups in total. The number of aliphatic hydroxyl groups is 1. The number of amides is 1. The van der Waals surface area contributed by atoms with Gasteiger partial charge in [-0.25, -0.2) is 8.42 Å². The minimum atomic E-state index is -4.01. The van der Waals surface area contributed by atoms with Crippen molar-refractivity contribution in [2.24, 2.45) is 0 Å². The van der Waals surface area contributed by atoms with E-state index in [0.717, 1.165) is 15.4 Å². The van der Waals surface area contributed by atoms with Crippen molar-refractivity contribution in [1.82, 2.24) is 9.21 Å². The Balaban J connectivity index is 1.69. The highest BCUT2D eigenvalue weighted by Gasteiger charge is 2.44. The Labute approximate surface area is 176 Å². The number of carbonyl (C=O) groups excluding carboxylic acids is 2. The van der Waals surface area contributed by atoms with E-state index in [1.165, 1.54) is 6.07 Å². The molecule has 2 heterocycles. The SMILES string of the molecule is Cc1ccc(S(=O)(=O)N2CC(O)C[C@H]2C(=O)OCC(=O)N2CCOC(C)C2)cc1C. The van der Waals surface area contributed by atoms with E-state index in [2.05, 4.69) is 0 Å². The van der Waals surface area contributed by atoms with Gasteiger partial charge in [-0.05, 0) is 44.0 Å². The second kappa shape index (κ2) is 9.01. The second-order valence-corrected chi connectivity index (χ2v) is 9.75. The van der Waals surface area contributed by atoms with Gasteiger partial charge in [-0.2, -0.15) is 4.31 Å². The fraction of sp³-hybridized carbons (Fsp3) is 0.600. The molecule has 0 aromatic heterocycles. The number of nitrogens with zero attached hydrogens (tertiary/aromatic N) is 2. The molecule has 0 bridgehead atoms. The molecule has 3 atom stereocenters. The van der Waals surface area contributed by atoms with Crippen LogP contribution in [0, 0.1) is 13.8 Å². The number of β-amino-alcohol motifs (C(OH)–C–C–N with tert-alkyl or cyclic N) is 1. The van der Waals surface area contributed by atoms with Crippen molar-refractivity contribution in [2.75, 3.05) is 32.8 Å². The fourth-order valence-corrected chi connectivity index (χ4v) is 5.35. The number of aliphatic hydroxyl groups excluding tert-OH is 1. The van der Waals surface area contributed by atoms with Gasteiger partial charge in [0.1, 0.15) is 6.04 Å². The van der Waals surface area contributed by atoms with Gasteiger partial charge in [-0.1, -0.05) is 6.07 Å². The van der Waals surface area contributed by atoms with Crippen molar-refractivity contribution < 1.29 is 32.6 Å². The molecule has 1 amide bonds. The predicted molar refractivity (Wildman–Crippen MR) is 107 cm³/mol. The highest BCUT2D eigenvalue weighted by atomic mass is 32.2. The predicted octanol–water partition coefficient (Wildman–Crippen LogP) is 0.218. The Kier molecular flexibility index (Phi) is 6.81. The summed E-state index contributed by atoms with van der Waals surface area (Å²) in [4.78, 5) is 26.5. The Morgan fingerprint density at radius 3 is 2.63 bits per heavy atom. The average Bonchev–Trinajstić information content (AvgIpc) is 3.10. The van der Waals surface area contributed by atoms with Crippen LogP contribution in [0.3, 0.4) is 0 Å². The van der Waals surface area contributed by atoms with Gasteiger partial charge in [0.05, 0.1) is 23.7 Å². The number of sulfonamides is 1. The van der Waals surface area contributed by atoms with Gasteiger partial charge in [-0.15, -0.1) is 0 Å². The lowest BCUT2D eigenvalue weighted by molar-refractivity contribution is -0.157. The van der Waals surface area contributed by atoms with Crippen LogP contribution in [-0.2, 0) is 29.1 Å². The zero-order valence-electron chi connectivity index (χ0n) is 17.4. The van der Waals surface area contributed by atoms with Crippen molar-refractivity contribution in [2.45, 2.75) is 50.3 Å². The Hall–Kier alpha value is -2.01. The van der Waals surface area contributed by atoms with Gasteiger partial charge in [0.2, 0.25) is 10.0 Å². The van der Waals surface area contributed by atoms with Crippen LogP contribution in [0.25, 0.3) is 0 Å². The third-order valence-electron chi connectivity index (χ3n) is 5.52. The Morgan fingerprint density at radius 1 is 1.23 bits per heavy atom. The summed E-state index contributed by atoms with van der Waals surface area (Å²) in [6.45, 7) is 6.08. The zero-order chi connectivity index (χ0) is 22.1. The van der Waals surface area contributed by atoms with Crippen LogP contribution >= 0.6 is 0 Å². The first-order valence-corrected chi connectivity index (χ1v) is 11.4. The third kappa shape index (κ3) is 4.83. The number of carbonyl (C=O) groups is 2. The molecule has 9 nitrogen and oxygen atoms in total. The number of hydrogen-bond donors (Lipinski definition) is 1. The maximum Gasteiger partial charge on any atom is 0.325 e. The quantitative estimate of drug-likeness (QED) is 0.652. The molecule has 10 heteroatoms. The zero-order valence-corrected chi connectivity index (χ0v) is 18.2. The van der Waals surface area contributed by atoms with Crippen molar-refractivity contribution in [3.8, 4) is 0 Å². The number of ether oxygens (including phenoxy) is 2. The van der Waals surface area contributed by atoms with Crippen LogP contribution in [0.5, 0.6) is 0 Å². The molecular formula is C20H28N2O7S. The minimum Gasteiger partial charge on any atom is -0.454 e. The molecular weight excluding hydrogens is 412 g/mol. The van der Waals surface area contributed by atoms with Crippen LogP contribution in [0.4, 0.5) is 0 Å². The normalized spacial score (nSPS) is 25.3. The summed E-state index contributed by atoms with van der Waals surface area (Å²) in [6.07, 6.45) is -1.16. The summed E-state index contributed by atoms with van der Waals surface area (Å²) in [5.41, 5.74) is 1.75. The van der Waals surface area contributed by atoms with Gasteiger partial charge in [-0.3, -0.25) is 9.59 Å².